The van der Waals surface area contributed by atoms with Gasteiger partial charge < -0.3 is 29.4 Å². The molecule has 2 aliphatic heterocycles. The van der Waals surface area contributed by atoms with Gasteiger partial charge >= 0.3 is 5.97 Å². The number of fused-ring (bicyclic) bond motifs is 2. The Bertz CT molecular complexity index is 909. The number of morpholine rings is 1. The Kier molecular flexibility index (Phi) is 6.24. The molecular weight excluding hydrogens is 431 g/mol. The topological polar surface area (TPSA) is 106 Å². The summed E-state index contributed by atoms with van der Waals surface area (Å²) in [5, 5.41) is 13.0. The lowest BCUT2D eigenvalue weighted by atomic mass is 9.69. The van der Waals surface area contributed by atoms with E-state index in [-0.39, 0.29) is 36.3 Å². The van der Waals surface area contributed by atoms with Gasteiger partial charge in [-0.2, -0.15) is 0 Å². The van der Waals surface area contributed by atoms with Gasteiger partial charge in [-0.1, -0.05) is 0 Å². The number of methoxy groups -OCH3 is 1. The second kappa shape index (κ2) is 9.15. The van der Waals surface area contributed by atoms with Gasteiger partial charge in [-0.3, -0.25) is 4.79 Å². The molecule has 33 heavy (non-hydrogen) atoms. The molecule has 0 spiro atoms. The Morgan fingerprint density at radius 3 is 2.97 bits per heavy atom. The molecule has 4 aliphatic rings. The number of carboxylic acid groups (broad SMARTS) is 1. The van der Waals surface area contributed by atoms with Crippen LogP contribution in [-0.4, -0.2) is 87.6 Å². The van der Waals surface area contributed by atoms with Crippen LogP contribution in [0.4, 0.5) is 4.39 Å². The van der Waals surface area contributed by atoms with Crippen molar-refractivity contribution in [2.75, 3.05) is 13.7 Å². The molecule has 2 N–H and O–H groups in total. The number of carbonyl (C=O) groups is 2. The number of aliphatic carboxylic acids is 1. The average molecular weight is 463 g/mol. The number of ketones is 1. The molecule has 10 heteroatoms. The summed E-state index contributed by atoms with van der Waals surface area (Å²) in [6.45, 7) is 1.36. The molecule has 0 aromatic carbocycles. The Morgan fingerprint density at radius 1 is 1.39 bits per heavy atom. The molecule has 1 aromatic heterocycles. The minimum absolute atomic E-state index is 0.00174. The second-order valence-corrected chi connectivity index (χ2v) is 9.52. The summed E-state index contributed by atoms with van der Waals surface area (Å²) < 4.78 is 29.5. The number of nitrogens with zero attached hydrogens (tertiary/aromatic N) is 3. The standard InChI is InChI=1S/C23H31FN4O5/c1-32-13-3-4-17-18(9-13)33-22-19(26-5-2-7-27-8-6-25-12-27)16(24)10-14-20(22)28(17)11-15(21(14)29)23(30)31/h6,8,11-14,16-20,22,26H,2-5,7,9-10H2,1H3,(H,30,31). The molecule has 8 atom stereocenters. The molecular formula is C23H31FN4O5. The predicted molar refractivity (Wildman–Crippen MR) is 115 cm³/mol. The van der Waals surface area contributed by atoms with Crippen LogP contribution in [0.3, 0.4) is 0 Å². The number of carbonyl (C=O) groups excluding carboxylic acids is 1. The Labute approximate surface area is 191 Å². The number of halogens is 1. The summed E-state index contributed by atoms with van der Waals surface area (Å²) >= 11 is 0. The number of rotatable bonds is 7. The third-order valence-corrected chi connectivity index (χ3v) is 7.72. The highest BCUT2D eigenvalue weighted by Gasteiger charge is 2.58. The molecule has 1 saturated heterocycles. The van der Waals surface area contributed by atoms with Gasteiger partial charge in [0.1, 0.15) is 11.7 Å². The molecule has 1 aromatic rings. The van der Waals surface area contributed by atoms with Crippen LogP contribution in [0, 0.1) is 5.92 Å². The smallest absolute Gasteiger partial charge is 0.340 e. The lowest BCUT2D eigenvalue weighted by Gasteiger charge is -2.59. The van der Waals surface area contributed by atoms with Crippen molar-refractivity contribution in [3.8, 4) is 0 Å². The summed E-state index contributed by atoms with van der Waals surface area (Å²) in [5.41, 5.74) is -0.247. The fourth-order valence-corrected chi connectivity index (χ4v) is 6.13. The van der Waals surface area contributed by atoms with Gasteiger partial charge in [0, 0.05) is 44.6 Å². The third-order valence-electron chi connectivity index (χ3n) is 7.72. The number of hydrogen-bond acceptors (Lipinski definition) is 7. The minimum Gasteiger partial charge on any atom is -0.478 e. The van der Waals surface area contributed by atoms with E-state index in [2.05, 4.69) is 10.3 Å². The summed E-state index contributed by atoms with van der Waals surface area (Å²) in [5.74, 6) is -2.45. The molecule has 2 aliphatic carbocycles. The molecule has 8 unspecified atom stereocenters. The fourth-order valence-electron chi connectivity index (χ4n) is 6.13. The van der Waals surface area contributed by atoms with Crippen molar-refractivity contribution in [1.29, 1.82) is 0 Å². The van der Waals surface area contributed by atoms with E-state index in [0.717, 1.165) is 25.8 Å². The first-order chi connectivity index (χ1) is 16.0. The number of Topliss-reactive ketones (excluding diaryl/α,β-unsaturated/α-hetero) is 1. The highest BCUT2D eigenvalue weighted by molar-refractivity contribution is 6.18. The van der Waals surface area contributed by atoms with Crippen LogP contribution in [0.25, 0.3) is 0 Å². The number of alkyl halides is 1. The van der Waals surface area contributed by atoms with Gasteiger partial charge in [-0.25, -0.2) is 14.2 Å². The zero-order chi connectivity index (χ0) is 23.1. The first-order valence-corrected chi connectivity index (χ1v) is 11.8. The van der Waals surface area contributed by atoms with E-state index in [0.29, 0.717) is 13.0 Å². The Hall–Kier alpha value is -2.30. The number of ether oxygens (including phenoxy) is 2. The second-order valence-electron chi connectivity index (χ2n) is 9.52. The van der Waals surface area contributed by atoms with Crippen LogP contribution < -0.4 is 5.32 Å². The summed E-state index contributed by atoms with van der Waals surface area (Å²) in [6, 6.07) is -0.965. The maximum Gasteiger partial charge on any atom is 0.340 e. The maximum atomic E-state index is 15.5. The van der Waals surface area contributed by atoms with E-state index in [9.17, 15) is 14.7 Å². The normalized spacial score (nSPS) is 37.8. The van der Waals surface area contributed by atoms with Gasteiger partial charge in [0.05, 0.1) is 42.8 Å². The molecule has 0 amide bonds. The SMILES string of the molecule is COC1CCC2C(C1)OC1C(NCCCn3ccnc3)C(F)CC3C(=O)C(C(=O)O)=CN2C31. The number of aryl methyl sites for hydroxylation is 1. The van der Waals surface area contributed by atoms with Crippen molar-refractivity contribution in [3.63, 3.8) is 0 Å². The van der Waals surface area contributed by atoms with Gasteiger partial charge in [0.15, 0.2) is 5.78 Å². The van der Waals surface area contributed by atoms with E-state index in [1.54, 1.807) is 19.6 Å². The molecule has 0 bridgehead atoms. The number of carboxylic acids is 1. The number of nitrogens with one attached hydrogen (secondary N) is 1. The van der Waals surface area contributed by atoms with Crippen molar-refractivity contribution < 1.29 is 28.6 Å². The monoisotopic (exact) mass is 462 g/mol. The fraction of sp³-hybridized carbons (Fsp3) is 0.696. The molecule has 3 heterocycles. The van der Waals surface area contributed by atoms with E-state index >= 15 is 4.39 Å². The van der Waals surface area contributed by atoms with Crippen LogP contribution in [0.1, 0.15) is 32.1 Å². The average Bonchev–Trinajstić information content (AvgIpc) is 3.32. The first kappa shape index (κ1) is 22.5. The zero-order valence-corrected chi connectivity index (χ0v) is 18.7. The van der Waals surface area contributed by atoms with Crippen LogP contribution in [0.2, 0.25) is 0 Å². The maximum absolute atomic E-state index is 15.5. The van der Waals surface area contributed by atoms with Crippen LogP contribution in [-0.2, 0) is 25.6 Å². The highest BCUT2D eigenvalue weighted by atomic mass is 19.1. The van der Waals surface area contributed by atoms with Crippen molar-refractivity contribution in [1.82, 2.24) is 19.8 Å². The van der Waals surface area contributed by atoms with Crippen molar-refractivity contribution in [2.24, 2.45) is 5.92 Å². The number of aromatic nitrogens is 2. The molecule has 2 saturated carbocycles. The quantitative estimate of drug-likeness (QED) is 0.459. The molecule has 0 radical (unpaired) electrons. The predicted octanol–water partition coefficient (Wildman–Crippen LogP) is 1.15. The van der Waals surface area contributed by atoms with Crippen LogP contribution in [0.5, 0.6) is 0 Å². The van der Waals surface area contributed by atoms with Crippen molar-refractivity contribution >= 4 is 11.8 Å². The van der Waals surface area contributed by atoms with Crippen molar-refractivity contribution in [2.45, 2.75) is 81.3 Å². The first-order valence-electron chi connectivity index (χ1n) is 11.8. The lowest BCUT2D eigenvalue weighted by Crippen LogP contribution is -2.73. The van der Waals surface area contributed by atoms with E-state index in [1.807, 2.05) is 15.7 Å². The number of imidazole rings is 1. The molecule has 9 nitrogen and oxygen atoms in total. The van der Waals surface area contributed by atoms with Crippen LogP contribution in [0.15, 0.2) is 30.5 Å². The van der Waals surface area contributed by atoms with Crippen LogP contribution >= 0.6 is 0 Å². The largest absolute Gasteiger partial charge is 0.478 e. The van der Waals surface area contributed by atoms with E-state index in [4.69, 9.17) is 9.47 Å². The Morgan fingerprint density at radius 2 is 2.24 bits per heavy atom. The van der Waals surface area contributed by atoms with Crippen molar-refractivity contribution in [3.05, 3.63) is 30.5 Å². The minimum atomic E-state index is -1.30. The summed E-state index contributed by atoms with van der Waals surface area (Å²) in [7, 11) is 1.68. The van der Waals surface area contributed by atoms with Gasteiger partial charge in [-0.05, 0) is 32.2 Å². The van der Waals surface area contributed by atoms with E-state index in [1.165, 1.54) is 6.20 Å². The zero-order valence-electron chi connectivity index (χ0n) is 18.7. The Balaban J connectivity index is 1.39. The summed E-state index contributed by atoms with van der Waals surface area (Å²) in [6.07, 6.45) is 7.95. The van der Waals surface area contributed by atoms with Gasteiger partial charge in [0.25, 0.3) is 0 Å². The van der Waals surface area contributed by atoms with E-state index < -0.39 is 36.0 Å². The molecule has 3 fully saturated rings. The highest BCUT2D eigenvalue weighted by Crippen LogP contribution is 2.45. The van der Waals surface area contributed by atoms with Gasteiger partial charge in [0.2, 0.25) is 0 Å². The molecule has 5 rings (SSSR count). The molecule has 180 valence electrons. The van der Waals surface area contributed by atoms with Gasteiger partial charge in [-0.15, -0.1) is 0 Å². The summed E-state index contributed by atoms with van der Waals surface area (Å²) in [4.78, 5) is 30.8. The lowest BCUT2D eigenvalue weighted by molar-refractivity contribution is -0.207. The third kappa shape index (κ3) is 4.08. The number of hydrogen-bond donors (Lipinski definition) is 2.